The van der Waals surface area contributed by atoms with Crippen LogP contribution >= 0.6 is 7.49 Å². The zero-order valence-electron chi connectivity index (χ0n) is 15.7. The second-order valence-electron chi connectivity index (χ2n) is 6.70. The van der Waals surface area contributed by atoms with Crippen molar-refractivity contribution in [3.63, 3.8) is 0 Å². The molecule has 0 fully saturated rings. The minimum atomic E-state index is -1.94. The Morgan fingerprint density at radius 3 is 1.74 bits per heavy atom. The van der Waals surface area contributed by atoms with Crippen LogP contribution in [0.1, 0.15) is 13.8 Å². The third-order valence-corrected chi connectivity index (χ3v) is 9.17. The van der Waals surface area contributed by atoms with E-state index in [-0.39, 0.29) is 5.75 Å². The monoisotopic (exact) mass is 374 g/mol. The lowest BCUT2D eigenvalue weighted by Gasteiger charge is -2.28. The molecule has 2 nitrogen and oxygen atoms in total. The highest BCUT2D eigenvalue weighted by atomic mass is 31.2. The van der Waals surface area contributed by atoms with E-state index in [2.05, 4.69) is 44.2 Å². The zero-order chi connectivity index (χ0) is 18.9. The van der Waals surface area contributed by atoms with Gasteiger partial charge in [-0.25, -0.2) is 0 Å². The minimum Gasteiger partial charge on any atom is -0.869 e. The fourth-order valence-electron chi connectivity index (χ4n) is 3.81. The molecule has 0 bridgehead atoms. The maximum absolute atomic E-state index is 13.4. The summed E-state index contributed by atoms with van der Waals surface area (Å²) in [5, 5.41) is 18.3. The zero-order valence-corrected chi connectivity index (χ0v) is 16.6. The van der Waals surface area contributed by atoms with Crippen molar-refractivity contribution in [2.45, 2.75) is 13.8 Å². The maximum Gasteiger partial charge on any atom is 0.222 e. The van der Waals surface area contributed by atoms with Crippen LogP contribution in [0, 0.1) is 0 Å². The summed E-state index contributed by atoms with van der Waals surface area (Å²) in [5.74, 6) is 0.497. The lowest BCUT2D eigenvalue weighted by molar-refractivity contribution is -0.266. The van der Waals surface area contributed by atoms with Crippen LogP contribution in [-0.2, 0) is 0 Å². The lowest BCUT2D eigenvalue weighted by atomic mass is 10.0. The van der Waals surface area contributed by atoms with Crippen molar-refractivity contribution in [1.82, 2.24) is 0 Å². The first-order chi connectivity index (χ1) is 13.2. The molecule has 0 N–H and O–H groups in total. The highest BCUT2D eigenvalue weighted by molar-refractivity contribution is 7.78. The van der Waals surface area contributed by atoms with Crippen molar-refractivity contribution in [3.8, 4) is 11.5 Å². The topological polar surface area (TPSA) is 32.3 Å². The summed E-state index contributed by atoms with van der Waals surface area (Å²) in [5.41, 5.74) is 0. The van der Waals surface area contributed by atoms with Gasteiger partial charge in [0.2, 0.25) is 7.49 Å². The van der Waals surface area contributed by atoms with Gasteiger partial charge in [-0.1, -0.05) is 72.5 Å². The van der Waals surface area contributed by atoms with E-state index in [4.69, 9.17) is 4.52 Å². The van der Waals surface area contributed by atoms with Gasteiger partial charge in [0.15, 0.2) is 5.75 Å². The van der Waals surface area contributed by atoms with Crippen LogP contribution in [0.25, 0.3) is 21.5 Å². The molecule has 3 heteroatoms. The van der Waals surface area contributed by atoms with Gasteiger partial charge in [0.1, 0.15) is 5.30 Å². The van der Waals surface area contributed by atoms with Gasteiger partial charge in [0.05, 0.1) is 12.3 Å². The Kier molecular flexibility index (Phi) is 4.76. The number of hydrogen-bond donors (Lipinski definition) is 0. The van der Waals surface area contributed by atoms with Gasteiger partial charge in [0.25, 0.3) is 0 Å². The van der Waals surface area contributed by atoms with Crippen molar-refractivity contribution in [2.24, 2.45) is 0 Å². The molecular formula is C24H23O2P. The maximum atomic E-state index is 13.4. The van der Waals surface area contributed by atoms with Gasteiger partial charge in [0, 0.05) is 5.39 Å². The molecule has 0 aliphatic carbocycles. The van der Waals surface area contributed by atoms with E-state index in [9.17, 15) is 5.11 Å². The largest absolute Gasteiger partial charge is 0.869 e. The highest BCUT2D eigenvalue weighted by Gasteiger charge is 2.40. The number of rotatable bonds is 5. The van der Waals surface area contributed by atoms with Gasteiger partial charge in [-0.3, -0.25) is 0 Å². The van der Waals surface area contributed by atoms with Crippen LogP contribution < -0.4 is 14.9 Å². The lowest BCUT2D eigenvalue weighted by Crippen LogP contribution is -2.21. The fourth-order valence-corrected chi connectivity index (χ4v) is 6.60. The van der Waals surface area contributed by atoms with Gasteiger partial charge < -0.3 is 9.63 Å². The van der Waals surface area contributed by atoms with Gasteiger partial charge in [-0.2, -0.15) is 0 Å². The van der Waals surface area contributed by atoms with E-state index < -0.39 is 7.49 Å². The molecule has 0 aliphatic heterocycles. The summed E-state index contributed by atoms with van der Waals surface area (Å²) in [4.78, 5) is 0. The molecule has 27 heavy (non-hydrogen) atoms. The van der Waals surface area contributed by atoms with Crippen molar-refractivity contribution >= 4 is 34.3 Å². The Labute approximate surface area is 160 Å². The summed E-state index contributed by atoms with van der Waals surface area (Å²) in [6, 6.07) is 26.3. The molecule has 0 unspecified atom stereocenters. The van der Waals surface area contributed by atoms with Crippen molar-refractivity contribution in [2.75, 3.05) is 12.3 Å². The Morgan fingerprint density at radius 2 is 1.15 bits per heavy atom. The average Bonchev–Trinajstić information content (AvgIpc) is 2.75. The van der Waals surface area contributed by atoms with E-state index in [1.165, 1.54) is 5.30 Å². The van der Waals surface area contributed by atoms with Gasteiger partial charge >= 0.3 is 0 Å². The first kappa shape index (κ1) is 17.8. The SMILES string of the molecule is CC[P+](CC)(Oc1c([O-])c2ccccc2c2ccccc12)c1ccccc1. The molecule has 136 valence electrons. The third-order valence-electron chi connectivity index (χ3n) is 5.35. The number of benzene rings is 4. The minimum absolute atomic E-state index is 0.00786. The summed E-state index contributed by atoms with van der Waals surface area (Å²) in [6.07, 6.45) is 1.79. The standard InChI is InChI=1S/C24H23O2P/c1-3-27(4-2,18-12-6-5-7-13-18)26-24-22-17-11-9-15-20(22)19-14-8-10-16-21(19)23(24)25/h5-17H,3-4H2,1-2H3. The number of fused-ring (bicyclic) bond motifs is 3. The highest BCUT2D eigenvalue weighted by Crippen LogP contribution is 2.60. The van der Waals surface area contributed by atoms with Crippen LogP contribution in [0.5, 0.6) is 11.5 Å². The van der Waals surface area contributed by atoms with Gasteiger partial charge in [-0.15, -0.1) is 0 Å². The molecule has 0 aromatic heterocycles. The van der Waals surface area contributed by atoms with Crippen LogP contribution in [0.15, 0.2) is 78.9 Å². The third kappa shape index (κ3) is 2.95. The molecule has 0 aliphatic rings. The molecule has 0 heterocycles. The number of hydrogen-bond acceptors (Lipinski definition) is 2. The second-order valence-corrected chi connectivity index (χ2v) is 10.4. The molecule has 0 atom stereocenters. The molecule has 4 aromatic carbocycles. The average molecular weight is 374 g/mol. The second kappa shape index (κ2) is 7.21. The summed E-state index contributed by atoms with van der Waals surface area (Å²) >= 11 is 0. The first-order valence-corrected chi connectivity index (χ1v) is 11.5. The quantitative estimate of drug-likeness (QED) is 0.329. The molecular weight excluding hydrogens is 351 g/mol. The van der Waals surface area contributed by atoms with Crippen molar-refractivity contribution in [3.05, 3.63) is 78.9 Å². The Balaban J connectivity index is 1.99. The van der Waals surface area contributed by atoms with Crippen LogP contribution in [0.2, 0.25) is 0 Å². The molecule has 4 aromatic rings. The molecule has 0 radical (unpaired) electrons. The van der Waals surface area contributed by atoms with E-state index >= 15 is 0 Å². The predicted molar refractivity (Wildman–Crippen MR) is 116 cm³/mol. The molecule has 0 saturated heterocycles. The summed E-state index contributed by atoms with van der Waals surface area (Å²) < 4.78 is 6.74. The van der Waals surface area contributed by atoms with E-state index in [0.717, 1.165) is 33.9 Å². The van der Waals surface area contributed by atoms with Crippen LogP contribution in [0.3, 0.4) is 0 Å². The van der Waals surface area contributed by atoms with Crippen molar-refractivity contribution < 1.29 is 9.63 Å². The Hall–Kier alpha value is -2.57. The molecule has 0 saturated carbocycles. The summed E-state index contributed by atoms with van der Waals surface area (Å²) in [6.45, 7) is 4.33. The Bertz CT molecular complexity index is 1090. The van der Waals surface area contributed by atoms with Crippen LogP contribution in [0.4, 0.5) is 0 Å². The smallest absolute Gasteiger partial charge is 0.222 e. The van der Waals surface area contributed by atoms with Gasteiger partial charge in [-0.05, 0) is 42.1 Å². The normalized spacial score (nSPS) is 11.8. The fraction of sp³-hybridized carbons (Fsp3) is 0.167. The van der Waals surface area contributed by atoms with Crippen molar-refractivity contribution in [1.29, 1.82) is 0 Å². The van der Waals surface area contributed by atoms with E-state index in [0.29, 0.717) is 5.75 Å². The summed E-state index contributed by atoms with van der Waals surface area (Å²) in [7, 11) is -1.94. The molecule has 0 amide bonds. The first-order valence-electron chi connectivity index (χ1n) is 9.43. The molecule has 0 spiro atoms. The van der Waals surface area contributed by atoms with E-state index in [1.807, 2.05) is 48.5 Å². The Morgan fingerprint density at radius 1 is 0.667 bits per heavy atom. The van der Waals surface area contributed by atoms with Crippen LogP contribution in [-0.4, -0.2) is 12.3 Å². The van der Waals surface area contributed by atoms with E-state index in [1.54, 1.807) is 0 Å². The molecule has 4 rings (SSSR count). The predicted octanol–water partition coefficient (Wildman–Crippen LogP) is 5.74.